The van der Waals surface area contributed by atoms with Crippen LogP contribution in [-0.4, -0.2) is 32.9 Å². The fourth-order valence-corrected chi connectivity index (χ4v) is 4.24. The van der Waals surface area contributed by atoms with E-state index in [-0.39, 0.29) is 0 Å². The largest absolute Gasteiger partial charge is 0.316 e. The second kappa shape index (κ2) is 6.24. The highest BCUT2D eigenvalue weighted by Crippen LogP contribution is 2.27. The Kier molecular flexibility index (Phi) is 4.83. The third-order valence-corrected chi connectivity index (χ3v) is 6.08. The summed E-state index contributed by atoms with van der Waals surface area (Å²) in [6.45, 7) is 6.26. The van der Waals surface area contributed by atoms with Crippen molar-refractivity contribution in [2.45, 2.75) is 31.7 Å². The summed E-state index contributed by atoms with van der Waals surface area (Å²) in [4.78, 5) is 0.409. The fraction of sp³-hybridized carbons (Fsp3) is 0.600. The van der Waals surface area contributed by atoms with Gasteiger partial charge in [-0.2, -0.15) is 4.31 Å². The van der Waals surface area contributed by atoms with Crippen molar-refractivity contribution in [1.82, 2.24) is 9.62 Å². The summed E-state index contributed by atoms with van der Waals surface area (Å²) in [5.41, 5.74) is 0.993. The third-order valence-electron chi connectivity index (χ3n) is 4.21. The maximum Gasteiger partial charge on any atom is 0.243 e. The summed E-state index contributed by atoms with van der Waals surface area (Å²) < 4.78 is 27.0. The molecule has 0 spiro atoms. The molecule has 0 aromatic heterocycles. The van der Waals surface area contributed by atoms with Crippen molar-refractivity contribution < 1.29 is 8.42 Å². The van der Waals surface area contributed by atoms with E-state index in [1.54, 1.807) is 16.4 Å². The molecular formula is C15H24N2O2S. The molecular weight excluding hydrogens is 272 g/mol. The van der Waals surface area contributed by atoms with Crippen LogP contribution in [0, 0.1) is 11.8 Å². The van der Waals surface area contributed by atoms with Gasteiger partial charge in [-0.1, -0.05) is 26.0 Å². The van der Waals surface area contributed by atoms with Crippen molar-refractivity contribution in [2.75, 3.05) is 20.1 Å². The minimum Gasteiger partial charge on any atom is -0.316 e. The molecule has 1 aromatic rings. The molecule has 1 aliphatic heterocycles. The van der Waals surface area contributed by atoms with Gasteiger partial charge in [-0.3, -0.25) is 0 Å². The maximum atomic E-state index is 12.7. The molecule has 20 heavy (non-hydrogen) atoms. The standard InChI is InChI=1S/C15H24N2O2S/c1-12-7-8-17(11-13(12)2)20(18,19)15-6-4-5-14(9-15)10-16-3/h4-6,9,12-13,16H,7-8,10-11H2,1-3H3. The van der Waals surface area contributed by atoms with E-state index in [1.165, 1.54) is 0 Å². The summed E-state index contributed by atoms with van der Waals surface area (Å²) >= 11 is 0. The van der Waals surface area contributed by atoms with Gasteiger partial charge in [0.15, 0.2) is 0 Å². The predicted molar refractivity (Wildman–Crippen MR) is 80.9 cm³/mol. The lowest BCUT2D eigenvalue weighted by Gasteiger charge is -2.34. The normalized spacial score (nSPS) is 24.8. The van der Waals surface area contributed by atoms with Gasteiger partial charge in [-0.05, 0) is 43.0 Å². The molecule has 2 unspecified atom stereocenters. The van der Waals surface area contributed by atoms with Gasteiger partial charge in [0.05, 0.1) is 4.90 Å². The van der Waals surface area contributed by atoms with E-state index in [0.29, 0.717) is 36.4 Å². The van der Waals surface area contributed by atoms with Crippen LogP contribution in [0.1, 0.15) is 25.8 Å². The first-order valence-corrected chi connectivity index (χ1v) is 8.63. The molecule has 4 nitrogen and oxygen atoms in total. The second-order valence-electron chi connectivity index (χ2n) is 5.78. The lowest BCUT2D eigenvalue weighted by molar-refractivity contribution is 0.212. The SMILES string of the molecule is CNCc1cccc(S(=O)(=O)N2CCC(C)C(C)C2)c1. The molecule has 0 saturated carbocycles. The number of hydrogen-bond donors (Lipinski definition) is 1. The van der Waals surface area contributed by atoms with Crippen molar-refractivity contribution in [3.63, 3.8) is 0 Å². The van der Waals surface area contributed by atoms with Crippen LogP contribution in [0.15, 0.2) is 29.2 Å². The molecule has 112 valence electrons. The van der Waals surface area contributed by atoms with Gasteiger partial charge in [-0.15, -0.1) is 0 Å². The number of hydrogen-bond acceptors (Lipinski definition) is 3. The van der Waals surface area contributed by atoms with Crippen molar-refractivity contribution in [3.8, 4) is 0 Å². The Hall–Kier alpha value is -0.910. The number of sulfonamides is 1. The monoisotopic (exact) mass is 296 g/mol. The van der Waals surface area contributed by atoms with E-state index in [0.717, 1.165) is 12.0 Å². The van der Waals surface area contributed by atoms with Crippen molar-refractivity contribution in [1.29, 1.82) is 0 Å². The zero-order chi connectivity index (χ0) is 14.8. The average molecular weight is 296 g/mol. The molecule has 0 aliphatic carbocycles. The number of piperidine rings is 1. The molecule has 0 amide bonds. The minimum atomic E-state index is -3.35. The number of nitrogens with zero attached hydrogens (tertiary/aromatic N) is 1. The van der Waals surface area contributed by atoms with Gasteiger partial charge in [0.2, 0.25) is 10.0 Å². The first-order valence-electron chi connectivity index (χ1n) is 7.19. The highest BCUT2D eigenvalue weighted by atomic mass is 32.2. The third kappa shape index (κ3) is 3.22. The molecule has 1 fully saturated rings. The van der Waals surface area contributed by atoms with Crippen LogP contribution in [0.25, 0.3) is 0 Å². The summed E-state index contributed by atoms with van der Waals surface area (Å²) in [5, 5.41) is 3.05. The van der Waals surface area contributed by atoms with E-state index in [9.17, 15) is 8.42 Å². The van der Waals surface area contributed by atoms with E-state index in [2.05, 4.69) is 19.2 Å². The molecule has 1 N–H and O–H groups in total. The Labute approximate surface area is 122 Å². The summed E-state index contributed by atoms with van der Waals surface area (Å²) in [6, 6.07) is 7.22. The quantitative estimate of drug-likeness (QED) is 0.925. The lowest BCUT2D eigenvalue weighted by Crippen LogP contribution is -2.42. The number of benzene rings is 1. The highest BCUT2D eigenvalue weighted by Gasteiger charge is 2.31. The molecule has 0 bridgehead atoms. The second-order valence-corrected chi connectivity index (χ2v) is 7.72. The van der Waals surface area contributed by atoms with Crippen LogP contribution in [0.2, 0.25) is 0 Å². The van der Waals surface area contributed by atoms with E-state index in [1.807, 2.05) is 19.2 Å². The zero-order valence-corrected chi connectivity index (χ0v) is 13.3. The first kappa shape index (κ1) is 15.5. The molecule has 1 saturated heterocycles. The maximum absolute atomic E-state index is 12.7. The van der Waals surface area contributed by atoms with Crippen LogP contribution in [-0.2, 0) is 16.6 Å². The Morgan fingerprint density at radius 3 is 2.70 bits per heavy atom. The Morgan fingerprint density at radius 2 is 2.05 bits per heavy atom. The molecule has 1 aliphatic rings. The van der Waals surface area contributed by atoms with Crippen LogP contribution in [0.5, 0.6) is 0 Å². The van der Waals surface area contributed by atoms with Gasteiger partial charge in [-0.25, -0.2) is 8.42 Å². The summed E-state index contributed by atoms with van der Waals surface area (Å²) in [6.07, 6.45) is 0.941. The molecule has 2 atom stereocenters. The summed E-state index contributed by atoms with van der Waals surface area (Å²) in [7, 11) is -1.50. The van der Waals surface area contributed by atoms with Crippen LogP contribution in [0.4, 0.5) is 0 Å². The Balaban J connectivity index is 2.24. The molecule has 5 heteroatoms. The molecule has 1 heterocycles. The fourth-order valence-electron chi connectivity index (χ4n) is 2.61. The molecule has 2 rings (SSSR count). The lowest BCUT2D eigenvalue weighted by atomic mass is 9.90. The van der Waals surface area contributed by atoms with Crippen LogP contribution < -0.4 is 5.32 Å². The predicted octanol–water partition coefficient (Wildman–Crippen LogP) is 2.07. The van der Waals surface area contributed by atoms with E-state index < -0.39 is 10.0 Å². The van der Waals surface area contributed by atoms with Crippen molar-refractivity contribution in [3.05, 3.63) is 29.8 Å². The smallest absolute Gasteiger partial charge is 0.243 e. The Bertz CT molecular complexity index is 557. The van der Waals surface area contributed by atoms with Gasteiger partial charge in [0.1, 0.15) is 0 Å². The number of nitrogens with one attached hydrogen (secondary N) is 1. The van der Waals surface area contributed by atoms with Crippen LogP contribution >= 0.6 is 0 Å². The molecule has 1 aromatic carbocycles. The van der Waals surface area contributed by atoms with Crippen molar-refractivity contribution >= 4 is 10.0 Å². The van der Waals surface area contributed by atoms with E-state index in [4.69, 9.17) is 0 Å². The first-order chi connectivity index (χ1) is 9.45. The molecule has 0 radical (unpaired) electrons. The van der Waals surface area contributed by atoms with Gasteiger partial charge < -0.3 is 5.32 Å². The van der Waals surface area contributed by atoms with Gasteiger partial charge >= 0.3 is 0 Å². The summed E-state index contributed by atoms with van der Waals surface area (Å²) in [5.74, 6) is 1.01. The van der Waals surface area contributed by atoms with Gasteiger partial charge in [0, 0.05) is 19.6 Å². The average Bonchev–Trinajstić information content (AvgIpc) is 2.42. The van der Waals surface area contributed by atoms with Crippen LogP contribution in [0.3, 0.4) is 0 Å². The highest BCUT2D eigenvalue weighted by molar-refractivity contribution is 7.89. The topological polar surface area (TPSA) is 49.4 Å². The number of rotatable bonds is 4. The van der Waals surface area contributed by atoms with Crippen molar-refractivity contribution in [2.24, 2.45) is 11.8 Å². The Morgan fingerprint density at radius 1 is 1.30 bits per heavy atom. The minimum absolute atomic E-state index is 0.409. The zero-order valence-electron chi connectivity index (χ0n) is 12.5. The van der Waals surface area contributed by atoms with E-state index >= 15 is 0 Å². The van der Waals surface area contributed by atoms with Gasteiger partial charge in [0.25, 0.3) is 0 Å².